The molecule has 0 atom stereocenters. The molecular formula is C14H14N4O7S. The highest BCUT2D eigenvalue weighted by Gasteiger charge is 2.24. The zero-order valence-electron chi connectivity index (χ0n) is 13.6. The average molecular weight is 382 g/mol. The summed E-state index contributed by atoms with van der Waals surface area (Å²) >= 11 is 0. The number of nitrogens with one attached hydrogen (secondary N) is 2. The number of aromatic carboxylic acids is 1. The smallest absolute Gasteiger partial charge is 0.337 e. The summed E-state index contributed by atoms with van der Waals surface area (Å²) in [5, 5.41) is 11.2. The standard InChI is InChI=1S/C14H14N4O7S/c1-24-10-7-11(25-2)16-13(15-10)17-14(21)18-26(22,23)9-6-4-3-5-8(9)12(19)20/h3-7H,1-2H3,(H,19,20)(H2,15,16,17,18,21). The number of carbonyl (C=O) groups is 2. The number of sulfonamides is 1. The fraction of sp³-hybridized carbons (Fsp3) is 0.143. The fourth-order valence-electron chi connectivity index (χ4n) is 1.85. The number of nitrogens with zero attached hydrogens (tertiary/aromatic N) is 2. The lowest BCUT2D eigenvalue weighted by Crippen LogP contribution is -2.35. The summed E-state index contributed by atoms with van der Waals surface area (Å²) in [7, 11) is -1.78. The number of hydrogen-bond donors (Lipinski definition) is 3. The molecular weight excluding hydrogens is 368 g/mol. The van der Waals surface area contributed by atoms with Gasteiger partial charge in [0, 0.05) is 0 Å². The van der Waals surface area contributed by atoms with Gasteiger partial charge in [-0.25, -0.2) is 22.7 Å². The summed E-state index contributed by atoms with van der Waals surface area (Å²) in [5.41, 5.74) is -0.480. The highest BCUT2D eigenvalue weighted by Crippen LogP contribution is 2.18. The van der Waals surface area contributed by atoms with Crippen molar-refractivity contribution in [3.05, 3.63) is 35.9 Å². The molecule has 2 amide bonds. The Bertz CT molecular complexity index is 924. The summed E-state index contributed by atoms with van der Waals surface area (Å²) in [6.45, 7) is 0. The van der Waals surface area contributed by atoms with Crippen LogP contribution in [0, 0.1) is 0 Å². The maximum Gasteiger partial charge on any atom is 0.337 e. The first kappa shape index (κ1) is 18.9. The Balaban J connectivity index is 2.23. The second kappa shape index (κ2) is 7.65. The van der Waals surface area contributed by atoms with Crippen LogP contribution in [0.2, 0.25) is 0 Å². The molecule has 0 radical (unpaired) electrons. The van der Waals surface area contributed by atoms with E-state index < -0.39 is 32.5 Å². The number of carboxylic acids is 1. The molecule has 11 nitrogen and oxygen atoms in total. The molecule has 2 aromatic rings. The Kier molecular flexibility index (Phi) is 5.57. The van der Waals surface area contributed by atoms with Crippen LogP contribution in [0.15, 0.2) is 35.2 Å². The Morgan fingerprint density at radius 1 is 1.08 bits per heavy atom. The van der Waals surface area contributed by atoms with Gasteiger partial charge in [-0.2, -0.15) is 9.97 Å². The molecule has 1 aromatic carbocycles. The van der Waals surface area contributed by atoms with E-state index in [0.29, 0.717) is 0 Å². The van der Waals surface area contributed by atoms with Crippen LogP contribution >= 0.6 is 0 Å². The molecule has 1 aromatic heterocycles. The van der Waals surface area contributed by atoms with Gasteiger partial charge in [-0.05, 0) is 12.1 Å². The van der Waals surface area contributed by atoms with Crippen LogP contribution < -0.4 is 19.5 Å². The topological polar surface area (TPSA) is 157 Å². The lowest BCUT2D eigenvalue weighted by atomic mass is 10.2. The van der Waals surface area contributed by atoms with Crippen LogP contribution in [0.25, 0.3) is 0 Å². The third-order valence-corrected chi connectivity index (χ3v) is 4.35. The van der Waals surface area contributed by atoms with Gasteiger partial charge in [0.2, 0.25) is 17.7 Å². The van der Waals surface area contributed by atoms with Crippen molar-refractivity contribution in [3.63, 3.8) is 0 Å². The van der Waals surface area contributed by atoms with Crippen molar-refractivity contribution in [2.24, 2.45) is 0 Å². The number of urea groups is 1. The van der Waals surface area contributed by atoms with Gasteiger partial charge in [-0.1, -0.05) is 12.1 Å². The monoisotopic (exact) mass is 382 g/mol. The molecule has 0 aliphatic heterocycles. The molecule has 12 heteroatoms. The quantitative estimate of drug-likeness (QED) is 0.654. The van der Waals surface area contributed by atoms with Crippen molar-refractivity contribution < 1.29 is 32.6 Å². The van der Waals surface area contributed by atoms with Gasteiger partial charge in [0.05, 0.1) is 25.8 Å². The lowest BCUT2D eigenvalue weighted by Gasteiger charge is -2.10. The lowest BCUT2D eigenvalue weighted by molar-refractivity contribution is 0.0692. The number of methoxy groups -OCH3 is 2. The molecule has 0 spiro atoms. The van der Waals surface area contributed by atoms with E-state index in [4.69, 9.17) is 14.6 Å². The number of amides is 2. The minimum Gasteiger partial charge on any atom is -0.481 e. The normalized spacial score (nSPS) is 10.7. The van der Waals surface area contributed by atoms with Gasteiger partial charge >= 0.3 is 12.0 Å². The molecule has 0 aliphatic carbocycles. The average Bonchev–Trinajstić information content (AvgIpc) is 2.60. The Labute approximate surface area is 148 Å². The maximum absolute atomic E-state index is 12.3. The van der Waals surface area contributed by atoms with Crippen molar-refractivity contribution in [2.45, 2.75) is 4.90 Å². The number of benzene rings is 1. The zero-order valence-corrected chi connectivity index (χ0v) is 14.4. The molecule has 2 rings (SSSR count). The van der Waals surface area contributed by atoms with Crippen molar-refractivity contribution in [3.8, 4) is 11.8 Å². The minimum absolute atomic E-state index is 0.0752. The van der Waals surface area contributed by atoms with E-state index in [0.717, 1.165) is 12.1 Å². The predicted octanol–water partition coefficient (Wildman–Crippen LogP) is 0.702. The molecule has 0 fully saturated rings. The highest BCUT2D eigenvalue weighted by molar-refractivity contribution is 7.90. The van der Waals surface area contributed by atoms with Crippen LogP contribution in [0.5, 0.6) is 11.8 Å². The van der Waals surface area contributed by atoms with Crippen molar-refractivity contribution in [2.75, 3.05) is 19.5 Å². The van der Waals surface area contributed by atoms with Crippen molar-refractivity contribution >= 4 is 28.0 Å². The Hall–Kier alpha value is -3.41. The number of aromatic nitrogens is 2. The zero-order chi connectivity index (χ0) is 19.3. The molecule has 3 N–H and O–H groups in total. The van der Waals surface area contributed by atoms with Gasteiger partial charge in [0.25, 0.3) is 10.0 Å². The van der Waals surface area contributed by atoms with E-state index in [9.17, 15) is 18.0 Å². The third kappa shape index (κ3) is 4.36. The van der Waals surface area contributed by atoms with E-state index in [1.54, 1.807) is 4.72 Å². The summed E-state index contributed by atoms with van der Waals surface area (Å²) in [4.78, 5) is 30.2. The van der Waals surface area contributed by atoms with Crippen LogP contribution in [0.1, 0.15) is 10.4 Å². The SMILES string of the molecule is COc1cc(OC)nc(NC(=O)NS(=O)(=O)c2ccccc2C(=O)O)n1. The van der Waals surface area contributed by atoms with Crippen molar-refractivity contribution in [1.29, 1.82) is 0 Å². The fourth-order valence-corrected chi connectivity index (χ4v) is 2.96. The molecule has 0 saturated heterocycles. The molecule has 0 bridgehead atoms. The van der Waals surface area contributed by atoms with E-state index >= 15 is 0 Å². The van der Waals surface area contributed by atoms with Gasteiger partial charge in [-0.15, -0.1) is 0 Å². The van der Waals surface area contributed by atoms with E-state index in [2.05, 4.69) is 15.3 Å². The van der Waals surface area contributed by atoms with Crippen molar-refractivity contribution in [1.82, 2.24) is 14.7 Å². The minimum atomic E-state index is -4.45. The highest BCUT2D eigenvalue weighted by atomic mass is 32.2. The summed E-state index contributed by atoms with van der Waals surface area (Å²) in [6.07, 6.45) is 0. The Morgan fingerprint density at radius 3 is 2.19 bits per heavy atom. The predicted molar refractivity (Wildman–Crippen MR) is 87.9 cm³/mol. The first-order valence-electron chi connectivity index (χ1n) is 6.90. The first-order valence-corrected chi connectivity index (χ1v) is 8.38. The maximum atomic E-state index is 12.3. The number of carbonyl (C=O) groups excluding carboxylic acids is 1. The number of ether oxygens (including phenoxy) is 2. The van der Waals surface area contributed by atoms with Crippen LogP contribution in [0.4, 0.5) is 10.7 Å². The summed E-state index contributed by atoms with van der Waals surface area (Å²) < 4.78 is 36.1. The van der Waals surface area contributed by atoms with Crippen LogP contribution in [0.3, 0.4) is 0 Å². The third-order valence-electron chi connectivity index (χ3n) is 2.96. The molecule has 138 valence electrons. The van der Waals surface area contributed by atoms with Gasteiger partial charge in [-0.3, -0.25) is 5.32 Å². The van der Waals surface area contributed by atoms with E-state index in [1.165, 1.54) is 32.4 Å². The largest absolute Gasteiger partial charge is 0.481 e. The second-order valence-corrected chi connectivity index (χ2v) is 6.29. The molecule has 26 heavy (non-hydrogen) atoms. The van der Waals surface area contributed by atoms with Crippen LogP contribution in [-0.2, 0) is 10.0 Å². The van der Waals surface area contributed by atoms with E-state index in [1.807, 2.05) is 0 Å². The first-order chi connectivity index (χ1) is 12.3. The van der Waals surface area contributed by atoms with Gasteiger partial charge in [0.1, 0.15) is 4.90 Å². The molecule has 0 aliphatic rings. The van der Waals surface area contributed by atoms with Gasteiger partial charge in [0.15, 0.2) is 0 Å². The summed E-state index contributed by atoms with van der Waals surface area (Å²) in [6, 6.07) is 5.01. The molecule has 1 heterocycles. The molecule has 0 unspecified atom stereocenters. The Morgan fingerprint density at radius 2 is 1.65 bits per heavy atom. The molecule has 0 saturated carbocycles. The number of anilines is 1. The van der Waals surface area contributed by atoms with Crippen LogP contribution in [-0.4, -0.2) is 49.7 Å². The number of rotatable bonds is 6. The second-order valence-electron chi connectivity index (χ2n) is 4.64. The number of hydrogen-bond acceptors (Lipinski definition) is 8. The van der Waals surface area contributed by atoms with Gasteiger partial charge < -0.3 is 14.6 Å². The van der Waals surface area contributed by atoms with E-state index in [-0.39, 0.29) is 17.7 Å². The summed E-state index contributed by atoms with van der Waals surface area (Å²) in [5.74, 6) is -1.58. The number of carboxylic acid groups (broad SMARTS) is 1.